The molecule has 5 nitrogen and oxygen atoms in total. The third-order valence-corrected chi connectivity index (χ3v) is 6.20. The van der Waals surface area contributed by atoms with Crippen LogP contribution in [-0.4, -0.2) is 26.9 Å². The van der Waals surface area contributed by atoms with E-state index in [1.807, 2.05) is 0 Å². The monoisotopic (exact) mass is 432 g/mol. The lowest BCUT2D eigenvalue weighted by Gasteiger charge is -2.25. The Balaban J connectivity index is 2.07. The third kappa shape index (κ3) is 4.59. The number of benzene rings is 2. The number of sulfonamides is 1. The van der Waals surface area contributed by atoms with Crippen molar-refractivity contribution in [2.24, 2.45) is 0 Å². The largest absolute Gasteiger partial charge is 0.416 e. The van der Waals surface area contributed by atoms with Crippen LogP contribution >= 0.6 is 11.6 Å². The molecule has 1 N–H and O–H groups in total. The Kier molecular flexibility index (Phi) is 5.58. The zero-order valence-electron chi connectivity index (χ0n) is 14.4. The number of alkyl halides is 3. The predicted octanol–water partition coefficient (Wildman–Crippen LogP) is 3.83. The van der Waals surface area contributed by atoms with Gasteiger partial charge < -0.3 is 5.32 Å². The summed E-state index contributed by atoms with van der Waals surface area (Å²) in [4.78, 5) is 12.1. The van der Waals surface area contributed by atoms with E-state index < -0.39 is 39.9 Å². The van der Waals surface area contributed by atoms with Crippen molar-refractivity contribution in [1.82, 2.24) is 5.32 Å². The summed E-state index contributed by atoms with van der Waals surface area (Å²) in [6, 6.07) is 9.45. The minimum absolute atomic E-state index is 0.0363. The van der Waals surface area contributed by atoms with Gasteiger partial charge in [-0.3, -0.25) is 9.10 Å². The van der Waals surface area contributed by atoms with Crippen LogP contribution in [0.25, 0.3) is 0 Å². The molecule has 150 valence electrons. The first-order chi connectivity index (χ1) is 13.1. The van der Waals surface area contributed by atoms with E-state index in [0.717, 1.165) is 25.0 Å². The number of hydrogen-bond donors (Lipinski definition) is 1. The summed E-state index contributed by atoms with van der Waals surface area (Å²) >= 11 is 6.03. The second kappa shape index (κ2) is 7.63. The molecule has 0 aromatic heterocycles. The van der Waals surface area contributed by atoms with E-state index in [0.29, 0.717) is 10.4 Å². The fourth-order valence-electron chi connectivity index (χ4n) is 2.53. The Morgan fingerprint density at radius 3 is 2.36 bits per heavy atom. The van der Waals surface area contributed by atoms with E-state index in [9.17, 15) is 26.4 Å². The van der Waals surface area contributed by atoms with Gasteiger partial charge in [0.25, 0.3) is 10.0 Å². The maximum Gasteiger partial charge on any atom is 0.416 e. The molecular formula is C18H16ClF3N2O3S. The Morgan fingerprint density at radius 2 is 1.79 bits per heavy atom. The molecule has 0 radical (unpaired) electrons. The maximum atomic E-state index is 13.1. The van der Waals surface area contributed by atoms with Crippen molar-refractivity contribution < 1.29 is 26.4 Å². The van der Waals surface area contributed by atoms with Gasteiger partial charge >= 0.3 is 6.18 Å². The minimum Gasteiger partial charge on any atom is -0.352 e. The van der Waals surface area contributed by atoms with Crippen molar-refractivity contribution in [3.8, 4) is 0 Å². The SMILES string of the molecule is O=C(CN(c1cc(C(F)(F)F)ccc1Cl)S(=O)(=O)c1ccccc1)NC1CC1. The van der Waals surface area contributed by atoms with Crippen LogP contribution in [0.2, 0.25) is 5.02 Å². The highest BCUT2D eigenvalue weighted by molar-refractivity contribution is 7.92. The van der Waals surface area contributed by atoms with E-state index in [1.165, 1.54) is 24.3 Å². The van der Waals surface area contributed by atoms with Gasteiger partial charge in [-0.05, 0) is 43.2 Å². The fourth-order valence-corrected chi connectivity index (χ4v) is 4.25. The standard InChI is InChI=1S/C18H16ClF3N2O3S/c19-15-9-6-12(18(20,21)22)10-16(15)24(11-17(25)23-13-7-8-13)28(26,27)14-4-2-1-3-5-14/h1-6,9-10,13H,7-8,11H2,(H,23,25). The molecule has 0 heterocycles. The smallest absolute Gasteiger partial charge is 0.352 e. The summed E-state index contributed by atoms with van der Waals surface area (Å²) in [7, 11) is -4.33. The molecule has 2 aromatic rings. The molecule has 28 heavy (non-hydrogen) atoms. The zero-order valence-corrected chi connectivity index (χ0v) is 16.0. The number of anilines is 1. The van der Waals surface area contributed by atoms with Gasteiger partial charge in [0.2, 0.25) is 5.91 Å². The second-order valence-electron chi connectivity index (χ2n) is 6.33. The molecule has 0 aliphatic heterocycles. The molecule has 2 aromatic carbocycles. The van der Waals surface area contributed by atoms with E-state index in [4.69, 9.17) is 11.6 Å². The lowest BCUT2D eigenvalue weighted by molar-refractivity contribution is -0.137. The Bertz CT molecular complexity index is 977. The number of hydrogen-bond acceptors (Lipinski definition) is 3. The van der Waals surface area contributed by atoms with Crippen LogP contribution in [0.1, 0.15) is 18.4 Å². The third-order valence-electron chi connectivity index (χ3n) is 4.10. The average Bonchev–Trinajstić information content (AvgIpc) is 3.44. The molecular weight excluding hydrogens is 417 g/mol. The van der Waals surface area contributed by atoms with E-state index in [1.54, 1.807) is 6.07 Å². The number of amides is 1. The molecule has 10 heteroatoms. The molecule has 0 bridgehead atoms. The summed E-state index contributed by atoms with van der Waals surface area (Å²) in [5.41, 5.74) is -1.48. The molecule has 0 unspecified atom stereocenters. The average molecular weight is 433 g/mol. The van der Waals surface area contributed by atoms with Gasteiger partial charge in [0, 0.05) is 6.04 Å². The van der Waals surface area contributed by atoms with Gasteiger partial charge in [-0.15, -0.1) is 0 Å². The van der Waals surface area contributed by atoms with Crippen molar-refractivity contribution in [3.63, 3.8) is 0 Å². The van der Waals surface area contributed by atoms with E-state index >= 15 is 0 Å². The van der Waals surface area contributed by atoms with Gasteiger partial charge in [-0.2, -0.15) is 13.2 Å². The summed E-state index contributed by atoms with van der Waals surface area (Å²) in [6.07, 6.45) is -3.14. The summed E-state index contributed by atoms with van der Waals surface area (Å²) < 4.78 is 66.2. The van der Waals surface area contributed by atoms with Crippen LogP contribution in [0.5, 0.6) is 0 Å². The highest BCUT2D eigenvalue weighted by Gasteiger charge is 2.35. The molecule has 1 fully saturated rings. The number of carbonyl (C=O) groups is 1. The Hall–Kier alpha value is -2.26. The van der Waals surface area contributed by atoms with E-state index in [-0.39, 0.29) is 16.0 Å². The summed E-state index contributed by atoms with van der Waals surface area (Å²) in [5, 5.41) is 2.42. The van der Waals surface area contributed by atoms with Crippen molar-refractivity contribution in [1.29, 1.82) is 0 Å². The lowest BCUT2D eigenvalue weighted by atomic mass is 10.2. The quantitative estimate of drug-likeness (QED) is 0.754. The van der Waals surface area contributed by atoms with Crippen LogP contribution in [0.3, 0.4) is 0 Å². The molecule has 1 aliphatic carbocycles. The summed E-state index contributed by atoms with van der Waals surface area (Å²) in [6.45, 7) is -0.686. The number of halogens is 4. The predicted molar refractivity (Wildman–Crippen MR) is 98.6 cm³/mol. The van der Waals surface area contributed by atoms with Gasteiger partial charge in [-0.25, -0.2) is 8.42 Å². The minimum atomic E-state index is -4.70. The number of rotatable bonds is 6. The Labute approximate surface area is 165 Å². The second-order valence-corrected chi connectivity index (χ2v) is 8.60. The number of nitrogens with one attached hydrogen (secondary N) is 1. The molecule has 1 aliphatic rings. The maximum absolute atomic E-state index is 13.1. The van der Waals surface area contributed by atoms with Crippen molar-refractivity contribution in [2.45, 2.75) is 30.0 Å². The first-order valence-electron chi connectivity index (χ1n) is 8.33. The topological polar surface area (TPSA) is 66.5 Å². The number of nitrogens with zero attached hydrogens (tertiary/aromatic N) is 1. The molecule has 0 saturated heterocycles. The van der Waals surface area contributed by atoms with Gasteiger partial charge in [0.15, 0.2) is 0 Å². The molecule has 1 saturated carbocycles. The van der Waals surface area contributed by atoms with Crippen LogP contribution in [-0.2, 0) is 21.0 Å². The van der Waals surface area contributed by atoms with Gasteiger partial charge in [-0.1, -0.05) is 29.8 Å². The van der Waals surface area contributed by atoms with E-state index in [2.05, 4.69) is 5.32 Å². The highest BCUT2D eigenvalue weighted by Crippen LogP contribution is 2.37. The fraction of sp³-hybridized carbons (Fsp3) is 0.278. The first-order valence-corrected chi connectivity index (χ1v) is 10.1. The van der Waals surface area contributed by atoms with Gasteiger partial charge in [0.1, 0.15) is 6.54 Å². The number of carbonyl (C=O) groups excluding carboxylic acids is 1. The van der Waals surface area contributed by atoms with Crippen molar-refractivity contribution in [2.75, 3.05) is 10.8 Å². The lowest BCUT2D eigenvalue weighted by Crippen LogP contribution is -2.41. The van der Waals surface area contributed by atoms with Gasteiger partial charge in [0.05, 0.1) is 21.2 Å². The molecule has 0 atom stereocenters. The van der Waals surface area contributed by atoms with Crippen molar-refractivity contribution >= 4 is 33.2 Å². The molecule has 1 amide bonds. The summed E-state index contributed by atoms with van der Waals surface area (Å²) in [5.74, 6) is -0.615. The highest BCUT2D eigenvalue weighted by atomic mass is 35.5. The van der Waals surface area contributed by atoms with Crippen LogP contribution < -0.4 is 9.62 Å². The molecule has 0 spiro atoms. The zero-order chi connectivity index (χ0) is 20.5. The first kappa shape index (κ1) is 20.5. The van der Waals surface area contributed by atoms with Crippen molar-refractivity contribution in [3.05, 3.63) is 59.1 Å². The van der Waals surface area contributed by atoms with Crippen LogP contribution in [0.15, 0.2) is 53.4 Å². The van der Waals surface area contributed by atoms with Crippen LogP contribution in [0.4, 0.5) is 18.9 Å². The van der Waals surface area contributed by atoms with Crippen LogP contribution in [0, 0.1) is 0 Å². The normalized spacial score (nSPS) is 14.6. The Morgan fingerprint density at radius 1 is 1.14 bits per heavy atom. The molecule has 3 rings (SSSR count).